The molecule has 146 heavy (non-hydrogen) atoms. The molecule has 782 valence electrons. The third-order valence-electron chi connectivity index (χ3n) is 24.1. The maximum atomic E-state index is 14.6. The summed E-state index contributed by atoms with van der Waals surface area (Å²) in [6.45, 7) is 28.7. The largest absolute Gasteiger partial charge is 0.462 e. The number of nitrogens with zero attached hydrogens (tertiary/aromatic N) is 25. The van der Waals surface area contributed by atoms with Crippen molar-refractivity contribution < 1.29 is 122 Å². The van der Waals surface area contributed by atoms with Crippen LogP contribution in [0.5, 0.6) is 29.4 Å². The highest BCUT2D eigenvalue weighted by Crippen LogP contribution is 2.51. The van der Waals surface area contributed by atoms with Gasteiger partial charge in [-0.05, 0) is 193 Å². The summed E-state index contributed by atoms with van der Waals surface area (Å²) in [6.07, 6.45) is 0.200. The topological polar surface area (TPSA) is 372 Å². The number of aromatic nitrogens is 25. The van der Waals surface area contributed by atoms with Gasteiger partial charge in [-0.2, -0.15) is 65.9 Å². The van der Waals surface area contributed by atoms with Gasteiger partial charge >= 0.3 is 30.9 Å². The Morgan fingerprint density at radius 3 is 0.781 bits per heavy atom. The van der Waals surface area contributed by atoms with Crippen LogP contribution in [0.4, 0.5) is 74.6 Å². The average Bonchev–Trinajstić information content (AvgIpc) is 1.28. The van der Waals surface area contributed by atoms with Gasteiger partial charge in [-0.15, -0.1) is 51.0 Å². The maximum Gasteiger partial charge on any atom is 0.428 e. The van der Waals surface area contributed by atoms with E-state index in [1.807, 2.05) is 83.1 Å². The number of fused-ring (bicyclic) bond motifs is 5. The molecular formula is C94H102F17N25O10. The van der Waals surface area contributed by atoms with Crippen molar-refractivity contribution in [1.29, 1.82) is 0 Å². The molecule has 15 aromatic heterocycles. The van der Waals surface area contributed by atoms with Gasteiger partial charge in [0.2, 0.25) is 28.8 Å². The lowest BCUT2D eigenvalue weighted by Gasteiger charge is -2.42. The molecule has 2 aliphatic carbocycles. The number of hydrogen-bond donors (Lipinski definition) is 0. The van der Waals surface area contributed by atoms with Gasteiger partial charge in [0.25, 0.3) is 11.8 Å². The number of rotatable bonds is 27. The molecule has 0 unspecified atom stereocenters. The summed E-state index contributed by atoms with van der Waals surface area (Å²) in [4.78, 5) is 41.0. The number of hydrogen-bond acceptors (Lipinski definition) is 30. The Balaban J connectivity index is 0.000000153. The molecule has 0 saturated heterocycles. The average molecular weight is 2060 g/mol. The number of pyridine rings is 5. The molecule has 2 aliphatic rings. The molecule has 0 amide bonds. The maximum absolute atomic E-state index is 14.6. The van der Waals surface area contributed by atoms with Gasteiger partial charge in [-0.25, -0.2) is 33.7 Å². The molecule has 2 saturated carbocycles. The van der Waals surface area contributed by atoms with E-state index in [1.54, 1.807) is 104 Å². The lowest BCUT2D eigenvalue weighted by Crippen LogP contribution is -2.55. The van der Waals surface area contributed by atoms with Crippen molar-refractivity contribution in [3.63, 3.8) is 0 Å². The highest BCUT2D eigenvalue weighted by atomic mass is 19.4. The summed E-state index contributed by atoms with van der Waals surface area (Å²) in [5.41, 5.74) is -7.99. The first-order valence-corrected chi connectivity index (χ1v) is 45.0. The van der Waals surface area contributed by atoms with Crippen LogP contribution in [0.1, 0.15) is 192 Å². The number of ether oxygens (including phenoxy) is 10. The van der Waals surface area contributed by atoms with E-state index in [2.05, 4.69) is 101 Å². The minimum Gasteiger partial charge on any atom is -0.462 e. The molecule has 0 bridgehead atoms. The molecule has 0 N–H and O–H groups in total. The van der Waals surface area contributed by atoms with Crippen molar-refractivity contribution in [3.8, 4) is 85.7 Å². The van der Waals surface area contributed by atoms with E-state index in [-0.39, 0.29) is 54.5 Å². The molecule has 0 spiro atoms. The third kappa shape index (κ3) is 23.3. The van der Waals surface area contributed by atoms with Crippen molar-refractivity contribution >= 4 is 28.2 Å². The van der Waals surface area contributed by atoms with Gasteiger partial charge in [0, 0.05) is 143 Å². The zero-order valence-electron chi connectivity index (χ0n) is 82.6. The molecule has 0 radical (unpaired) electrons. The Labute approximate surface area is 822 Å². The van der Waals surface area contributed by atoms with E-state index in [0.717, 1.165) is 53.7 Å². The minimum absolute atomic E-state index is 0.0517. The normalized spacial score (nSPS) is 14.5. The Morgan fingerprint density at radius 1 is 0.288 bits per heavy atom. The number of methoxy groups -OCH3 is 3. The summed E-state index contributed by atoms with van der Waals surface area (Å²) in [6, 6.07) is 11.1. The molecule has 15 aromatic rings. The molecule has 35 nitrogen and oxygen atoms in total. The summed E-state index contributed by atoms with van der Waals surface area (Å²) in [7, 11) is 4.70. The van der Waals surface area contributed by atoms with Crippen LogP contribution in [0.2, 0.25) is 0 Å². The predicted molar refractivity (Wildman–Crippen MR) is 488 cm³/mol. The first-order valence-electron chi connectivity index (χ1n) is 45.0. The fraction of sp³-hybridized carbons (Fsp3) is 0.468. The second-order valence-electron chi connectivity index (χ2n) is 37.6. The van der Waals surface area contributed by atoms with Crippen LogP contribution in [-0.4, -0.2) is 216 Å². The zero-order chi connectivity index (χ0) is 107. The van der Waals surface area contributed by atoms with E-state index >= 15 is 0 Å². The van der Waals surface area contributed by atoms with Crippen LogP contribution in [0.15, 0.2) is 141 Å². The van der Waals surface area contributed by atoms with Crippen molar-refractivity contribution in [3.05, 3.63) is 182 Å². The van der Waals surface area contributed by atoms with Crippen LogP contribution in [0, 0.1) is 11.6 Å². The number of alkyl halides is 15. The smallest absolute Gasteiger partial charge is 0.428 e. The lowest BCUT2D eigenvalue weighted by atomic mass is 9.79. The number of halogens is 17. The van der Waals surface area contributed by atoms with Gasteiger partial charge in [0.1, 0.15) is 28.0 Å². The Kier molecular flexibility index (Phi) is 30.6. The molecule has 17 rings (SSSR count). The van der Waals surface area contributed by atoms with Crippen LogP contribution in [0.25, 0.3) is 84.5 Å². The van der Waals surface area contributed by atoms with Gasteiger partial charge in [-0.1, -0.05) is 0 Å². The highest BCUT2D eigenvalue weighted by molar-refractivity contribution is 5.64. The molecule has 15 heterocycles. The van der Waals surface area contributed by atoms with E-state index < -0.39 is 110 Å². The third-order valence-corrected chi connectivity index (χ3v) is 24.1. The Morgan fingerprint density at radius 2 is 0.541 bits per heavy atom. The molecule has 0 aromatic carbocycles. The van der Waals surface area contributed by atoms with E-state index in [4.69, 9.17) is 47.4 Å². The second-order valence-corrected chi connectivity index (χ2v) is 37.6. The Bertz CT molecular complexity index is 7100. The van der Waals surface area contributed by atoms with Crippen molar-refractivity contribution in [2.24, 2.45) is 0 Å². The molecule has 0 aliphatic heterocycles. The predicted octanol–water partition coefficient (Wildman–Crippen LogP) is 20.3. The van der Waals surface area contributed by atoms with Crippen LogP contribution in [0.3, 0.4) is 0 Å². The molecular weight excluding hydrogens is 1960 g/mol. The Hall–Kier alpha value is -13.9. The molecule has 52 heteroatoms. The van der Waals surface area contributed by atoms with Crippen LogP contribution >= 0.6 is 0 Å². The van der Waals surface area contributed by atoms with Crippen molar-refractivity contribution in [2.75, 3.05) is 34.5 Å². The van der Waals surface area contributed by atoms with Gasteiger partial charge < -0.3 is 47.4 Å². The van der Waals surface area contributed by atoms with Crippen molar-refractivity contribution in [1.82, 2.24) is 123 Å². The molecule has 2 fully saturated rings. The van der Waals surface area contributed by atoms with E-state index in [9.17, 15) is 74.6 Å². The van der Waals surface area contributed by atoms with Gasteiger partial charge in [0.15, 0.2) is 85.8 Å². The van der Waals surface area contributed by atoms with E-state index in [0.29, 0.717) is 129 Å². The summed E-state index contributed by atoms with van der Waals surface area (Å²) in [5.74, 6) is -0.939. The summed E-state index contributed by atoms with van der Waals surface area (Å²) in [5, 5.41) is 41.1. The van der Waals surface area contributed by atoms with Crippen molar-refractivity contribution in [2.45, 2.75) is 250 Å². The van der Waals surface area contributed by atoms with Gasteiger partial charge in [-0.3, -0.25) is 46.9 Å². The summed E-state index contributed by atoms with van der Waals surface area (Å²) < 4.78 is 287. The first-order chi connectivity index (χ1) is 68.0. The minimum atomic E-state index is -4.69. The molecule has 0 atom stereocenters. The SMILES string of the molecule is CCOC(C)(C)c1nnc2cnc(-c3ccc(OC(C)(C)C(F)(F)F)nc3)cn12.CCOC(C)(C)c1nnc2cnc(-c3cnc(OC(C)(C)C(F)(F)F)c(F)c3)cn12.COC(C)(C)c1nnc2cnc(-c3ccc(OC(C)(C)C(F)(F)F)nc3)cn12.COC(C)(C)c1nnc2cnc(-c3ccc(OC4(C(F)(F)F)CCC4)nc3)cn12.COC(C)(C)c1nnc2cnc(-c3cnc(OC4(C(F)(F)F)CCC4)c(F)c3)cn12. The standard InChI is InChI=1S/C19H19F4N5O2.C19H21F4N5O2.C19H20F3N5O2.C19H22F3N5O2.C18H20F3N5O2/c1-17(2,29-3)16-27-26-14-9-24-13(10-28(14)16)11-7-12(20)15(25-8-11)30-18(5-4-6-18)19(21,22)23;1-6-29-17(2,3)16-27-26-14-9-24-13(10-28(14)16)11-7-12(20)15(25-8-11)30-18(4,5)19(21,22)23;1-17(2,28-3)16-26-25-14-10-23-13(11-27(14)16)12-5-6-15(24-9-12)29-18(7-4-8-18)19(20,21)22;1-6-28-17(2,3)16-26-25-14-10-23-13(11-27(14)16)12-7-8-15(24-9-12)29-18(4,5)19(20,21)22;1-16(2,27-5)15-25-24-13-9-22-12(10-26(13)15)11-6-7-14(23-8-11)28-17(3,4)18(19,20)21/h7-10H,4-6H2,1-3H3;7-10H,6H2,1-5H3;5-6,9-11H,4,7-8H2,1-3H3;7-11H,6H2,1-5H3;6-10H,1-5H3. The lowest BCUT2D eigenvalue weighted by molar-refractivity contribution is -0.275. The van der Waals surface area contributed by atoms with E-state index in [1.165, 1.54) is 68.7 Å². The van der Waals surface area contributed by atoms with Crippen LogP contribution in [-0.2, 0) is 51.7 Å². The van der Waals surface area contributed by atoms with Crippen LogP contribution < -0.4 is 23.7 Å². The zero-order valence-corrected chi connectivity index (χ0v) is 82.6. The second kappa shape index (κ2) is 40.8. The first kappa shape index (κ1) is 109. The quantitative estimate of drug-likeness (QED) is 0.0431. The summed E-state index contributed by atoms with van der Waals surface area (Å²) >= 11 is 0. The fourth-order valence-corrected chi connectivity index (χ4v) is 14.2. The monoisotopic (exact) mass is 2060 g/mol. The highest BCUT2D eigenvalue weighted by Gasteiger charge is 2.63. The van der Waals surface area contributed by atoms with Gasteiger partial charge in [0.05, 0.1) is 59.5 Å². The fourth-order valence-electron chi connectivity index (χ4n) is 14.2.